The molecule has 2 aromatic rings. The monoisotopic (exact) mass is 344 g/mol. The molecule has 1 aliphatic heterocycles. The molecule has 1 aromatic carbocycles. The first-order valence-corrected chi connectivity index (χ1v) is 8.19. The molecular formula is C17H20N4O4. The Morgan fingerprint density at radius 1 is 1.36 bits per heavy atom. The fraction of sp³-hybridized carbons (Fsp3) is 0.412. The van der Waals surface area contributed by atoms with Crippen LogP contribution in [0.4, 0.5) is 5.69 Å². The number of carboxylic acids is 1. The van der Waals surface area contributed by atoms with E-state index >= 15 is 0 Å². The number of carboxylic acid groups (broad SMARTS) is 1. The standard InChI is InChI=1S/C17H20N4O4/c1-11(12-5-7-25-8-6-12)16(22)18-13-3-2-4-14(9-13)21-10-15(17(23)24)19-20-21/h2-4,9-12H,5-8H2,1H3,(H,18,22)(H,23,24). The van der Waals surface area contributed by atoms with Gasteiger partial charge in [-0.05, 0) is 37.0 Å². The van der Waals surface area contributed by atoms with Gasteiger partial charge in [-0.15, -0.1) is 5.10 Å². The van der Waals surface area contributed by atoms with Gasteiger partial charge in [0.1, 0.15) is 0 Å². The van der Waals surface area contributed by atoms with E-state index in [0.29, 0.717) is 30.5 Å². The largest absolute Gasteiger partial charge is 0.476 e. The maximum absolute atomic E-state index is 12.5. The van der Waals surface area contributed by atoms with Crippen molar-refractivity contribution in [2.24, 2.45) is 11.8 Å². The first kappa shape index (κ1) is 17.1. The van der Waals surface area contributed by atoms with Crippen LogP contribution in [0.3, 0.4) is 0 Å². The van der Waals surface area contributed by atoms with Crippen LogP contribution < -0.4 is 5.32 Å². The lowest BCUT2D eigenvalue weighted by atomic mass is 9.87. The fourth-order valence-electron chi connectivity index (χ4n) is 2.90. The van der Waals surface area contributed by atoms with Gasteiger partial charge >= 0.3 is 5.97 Å². The van der Waals surface area contributed by atoms with Crippen LogP contribution in [-0.4, -0.2) is 45.2 Å². The molecule has 132 valence electrons. The predicted octanol–water partition coefficient (Wildman–Crippen LogP) is 1.97. The van der Waals surface area contributed by atoms with Crippen molar-refractivity contribution in [3.8, 4) is 5.69 Å². The maximum Gasteiger partial charge on any atom is 0.358 e. The number of amides is 1. The van der Waals surface area contributed by atoms with Gasteiger partial charge in [-0.3, -0.25) is 4.79 Å². The van der Waals surface area contributed by atoms with Crippen molar-refractivity contribution >= 4 is 17.6 Å². The zero-order valence-electron chi connectivity index (χ0n) is 13.9. The Morgan fingerprint density at radius 3 is 2.80 bits per heavy atom. The molecule has 3 rings (SSSR count). The van der Waals surface area contributed by atoms with E-state index in [1.165, 1.54) is 10.9 Å². The van der Waals surface area contributed by atoms with E-state index in [1.54, 1.807) is 24.3 Å². The van der Waals surface area contributed by atoms with Gasteiger partial charge in [0.05, 0.1) is 11.9 Å². The van der Waals surface area contributed by atoms with Crippen molar-refractivity contribution in [2.45, 2.75) is 19.8 Å². The summed E-state index contributed by atoms with van der Waals surface area (Å²) >= 11 is 0. The molecule has 1 fully saturated rings. The summed E-state index contributed by atoms with van der Waals surface area (Å²) in [5, 5.41) is 19.2. The van der Waals surface area contributed by atoms with E-state index in [1.807, 2.05) is 6.92 Å². The van der Waals surface area contributed by atoms with Crippen molar-refractivity contribution in [1.29, 1.82) is 0 Å². The Balaban J connectivity index is 1.70. The van der Waals surface area contributed by atoms with Gasteiger partial charge in [0.25, 0.3) is 0 Å². The molecule has 0 bridgehead atoms. The van der Waals surface area contributed by atoms with Crippen LogP contribution in [0.2, 0.25) is 0 Å². The molecule has 0 radical (unpaired) electrons. The number of hydrogen-bond donors (Lipinski definition) is 2. The minimum atomic E-state index is -1.14. The molecule has 0 spiro atoms. The van der Waals surface area contributed by atoms with Crippen molar-refractivity contribution in [3.05, 3.63) is 36.2 Å². The molecule has 1 unspecified atom stereocenters. The Hall–Kier alpha value is -2.74. The number of aromatic nitrogens is 3. The minimum absolute atomic E-state index is 0.0335. The normalized spacial score (nSPS) is 16.4. The van der Waals surface area contributed by atoms with Crippen molar-refractivity contribution < 1.29 is 19.4 Å². The molecule has 2 heterocycles. The molecule has 8 nitrogen and oxygen atoms in total. The summed E-state index contributed by atoms with van der Waals surface area (Å²) in [5.74, 6) is -0.947. The lowest BCUT2D eigenvalue weighted by Gasteiger charge is -2.27. The lowest BCUT2D eigenvalue weighted by molar-refractivity contribution is -0.122. The molecule has 1 saturated heterocycles. The van der Waals surface area contributed by atoms with Gasteiger partial charge < -0.3 is 15.2 Å². The Kier molecular flexibility index (Phi) is 5.08. The van der Waals surface area contributed by atoms with Crippen LogP contribution in [-0.2, 0) is 9.53 Å². The predicted molar refractivity (Wildman–Crippen MR) is 89.7 cm³/mol. The number of anilines is 1. The van der Waals surface area contributed by atoms with Gasteiger partial charge in [0.15, 0.2) is 5.69 Å². The number of benzene rings is 1. The Morgan fingerprint density at radius 2 is 2.12 bits per heavy atom. The lowest BCUT2D eigenvalue weighted by Crippen LogP contribution is -2.30. The molecular weight excluding hydrogens is 324 g/mol. The van der Waals surface area contributed by atoms with E-state index < -0.39 is 5.97 Å². The van der Waals surface area contributed by atoms with Crippen molar-refractivity contribution in [3.63, 3.8) is 0 Å². The van der Waals surface area contributed by atoms with E-state index in [4.69, 9.17) is 9.84 Å². The third-order valence-electron chi connectivity index (χ3n) is 4.48. The van der Waals surface area contributed by atoms with Crippen LogP contribution in [0, 0.1) is 11.8 Å². The second kappa shape index (κ2) is 7.43. The SMILES string of the molecule is CC(C(=O)Nc1cccc(-n2cc(C(=O)O)nn2)c1)C1CCOCC1. The molecule has 25 heavy (non-hydrogen) atoms. The van der Waals surface area contributed by atoms with Crippen LogP contribution in [0.5, 0.6) is 0 Å². The second-order valence-corrected chi connectivity index (χ2v) is 6.13. The van der Waals surface area contributed by atoms with Crippen LogP contribution >= 0.6 is 0 Å². The summed E-state index contributed by atoms with van der Waals surface area (Å²) in [7, 11) is 0. The van der Waals surface area contributed by atoms with Crippen LogP contribution in [0.1, 0.15) is 30.3 Å². The molecule has 1 aliphatic rings. The van der Waals surface area contributed by atoms with Gasteiger partial charge in [0, 0.05) is 24.8 Å². The highest BCUT2D eigenvalue weighted by Gasteiger charge is 2.26. The average molecular weight is 344 g/mol. The summed E-state index contributed by atoms with van der Waals surface area (Å²) in [6.45, 7) is 3.34. The molecule has 2 N–H and O–H groups in total. The molecule has 1 atom stereocenters. The molecule has 8 heteroatoms. The summed E-state index contributed by atoms with van der Waals surface area (Å²) in [6.07, 6.45) is 3.12. The minimum Gasteiger partial charge on any atom is -0.476 e. The van der Waals surface area contributed by atoms with E-state index in [2.05, 4.69) is 15.6 Å². The third-order valence-corrected chi connectivity index (χ3v) is 4.48. The highest BCUT2D eigenvalue weighted by atomic mass is 16.5. The summed E-state index contributed by atoms with van der Waals surface area (Å²) < 4.78 is 6.70. The van der Waals surface area contributed by atoms with E-state index in [-0.39, 0.29) is 17.5 Å². The molecule has 0 saturated carbocycles. The van der Waals surface area contributed by atoms with E-state index in [0.717, 1.165) is 12.8 Å². The first-order valence-electron chi connectivity index (χ1n) is 8.19. The highest BCUT2D eigenvalue weighted by Crippen LogP contribution is 2.25. The first-order chi connectivity index (χ1) is 12.0. The zero-order chi connectivity index (χ0) is 17.8. The van der Waals surface area contributed by atoms with Crippen molar-refractivity contribution in [2.75, 3.05) is 18.5 Å². The second-order valence-electron chi connectivity index (χ2n) is 6.13. The van der Waals surface area contributed by atoms with Gasteiger partial charge in [-0.2, -0.15) is 0 Å². The number of aromatic carboxylic acids is 1. The smallest absolute Gasteiger partial charge is 0.358 e. The molecule has 1 amide bonds. The maximum atomic E-state index is 12.5. The quantitative estimate of drug-likeness (QED) is 0.859. The fourth-order valence-corrected chi connectivity index (χ4v) is 2.90. The summed E-state index contributed by atoms with van der Waals surface area (Å²) in [6, 6.07) is 7.05. The van der Waals surface area contributed by atoms with Gasteiger partial charge in [-0.1, -0.05) is 18.2 Å². The highest BCUT2D eigenvalue weighted by molar-refractivity contribution is 5.92. The Labute approximate surface area is 144 Å². The van der Waals surface area contributed by atoms with Crippen LogP contribution in [0.15, 0.2) is 30.5 Å². The number of carbonyl (C=O) groups is 2. The number of rotatable bonds is 5. The number of ether oxygens (including phenoxy) is 1. The number of hydrogen-bond acceptors (Lipinski definition) is 5. The third kappa shape index (κ3) is 4.03. The van der Waals surface area contributed by atoms with Gasteiger partial charge in [-0.25, -0.2) is 9.48 Å². The summed E-state index contributed by atoms with van der Waals surface area (Å²) in [4.78, 5) is 23.4. The number of nitrogens with one attached hydrogen (secondary N) is 1. The van der Waals surface area contributed by atoms with E-state index in [9.17, 15) is 9.59 Å². The van der Waals surface area contributed by atoms with Gasteiger partial charge in [0.2, 0.25) is 5.91 Å². The molecule has 1 aromatic heterocycles. The van der Waals surface area contributed by atoms with Crippen molar-refractivity contribution in [1.82, 2.24) is 15.0 Å². The average Bonchev–Trinajstić information content (AvgIpc) is 3.12. The van der Waals surface area contributed by atoms with Crippen LogP contribution in [0.25, 0.3) is 5.69 Å². The zero-order valence-corrected chi connectivity index (χ0v) is 13.9. The Bertz CT molecular complexity index is 768. The summed E-state index contributed by atoms with van der Waals surface area (Å²) in [5.41, 5.74) is 1.12. The molecule has 0 aliphatic carbocycles. The topological polar surface area (TPSA) is 106 Å². The number of carbonyl (C=O) groups excluding carboxylic acids is 1. The number of nitrogens with zero attached hydrogens (tertiary/aromatic N) is 3.